The molecule has 1 heterocycles. The molecule has 14 heavy (non-hydrogen) atoms. The molecular weight excluding hydrogens is 200 g/mol. The van der Waals surface area contributed by atoms with Crippen molar-refractivity contribution in [1.29, 1.82) is 0 Å². The third kappa shape index (κ3) is 3.84. The highest BCUT2D eigenvalue weighted by atomic mass is 35.5. The van der Waals surface area contributed by atoms with Gasteiger partial charge in [0.15, 0.2) is 0 Å². The molecule has 1 aliphatic rings. The van der Waals surface area contributed by atoms with Gasteiger partial charge in [-0.3, -0.25) is 4.79 Å². The fourth-order valence-corrected chi connectivity index (χ4v) is 1.75. The molecule has 1 aliphatic heterocycles. The zero-order chi connectivity index (χ0) is 9.90. The number of hydrogen-bond acceptors (Lipinski definition) is 2. The maximum Gasteiger partial charge on any atom is 0.236 e. The first-order valence-corrected chi connectivity index (χ1v) is 5.04. The zero-order valence-electron chi connectivity index (χ0n) is 9.30. The summed E-state index contributed by atoms with van der Waals surface area (Å²) in [5.41, 5.74) is 0.210. The summed E-state index contributed by atoms with van der Waals surface area (Å²) in [6.45, 7) is 9.71. The Morgan fingerprint density at radius 1 is 1.50 bits per heavy atom. The quantitative estimate of drug-likeness (QED) is 0.761. The van der Waals surface area contributed by atoms with Gasteiger partial charge in [0, 0.05) is 19.6 Å². The average molecular weight is 221 g/mol. The average Bonchev–Trinajstić information content (AvgIpc) is 2.12. The van der Waals surface area contributed by atoms with Crippen LogP contribution in [0.3, 0.4) is 0 Å². The van der Waals surface area contributed by atoms with Crippen molar-refractivity contribution in [2.45, 2.75) is 27.2 Å². The molecule has 0 unspecified atom stereocenters. The highest BCUT2D eigenvalue weighted by Gasteiger charge is 2.27. The molecule has 0 aromatic carbocycles. The molecule has 1 amide bonds. The minimum Gasteiger partial charge on any atom is -0.341 e. The highest BCUT2D eigenvalue weighted by Crippen LogP contribution is 2.18. The molecule has 84 valence electrons. The first kappa shape index (κ1) is 13.7. The van der Waals surface area contributed by atoms with Crippen molar-refractivity contribution in [1.82, 2.24) is 10.2 Å². The van der Waals surface area contributed by atoms with Gasteiger partial charge in [-0.25, -0.2) is 0 Å². The van der Waals surface area contributed by atoms with Gasteiger partial charge in [0.25, 0.3) is 0 Å². The fraction of sp³-hybridized carbons (Fsp3) is 0.900. The summed E-state index contributed by atoms with van der Waals surface area (Å²) in [6.07, 6.45) is 1.04. The Bertz CT molecular complexity index is 195. The van der Waals surface area contributed by atoms with Crippen molar-refractivity contribution in [2.75, 3.05) is 26.2 Å². The Morgan fingerprint density at radius 2 is 2.14 bits per heavy atom. The van der Waals surface area contributed by atoms with E-state index >= 15 is 0 Å². The van der Waals surface area contributed by atoms with Crippen LogP contribution in [0.5, 0.6) is 0 Å². The summed E-state index contributed by atoms with van der Waals surface area (Å²) >= 11 is 0. The Balaban J connectivity index is 0.00000169. The van der Waals surface area contributed by atoms with E-state index in [1.54, 1.807) is 0 Å². The maximum absolute atomic E-state index is 11.6. The van der Waals surface area contributed by atoms with Gasteiger partial charge in [-0.1, -0.05) is 20.8 Å². The van der Waals surface area contributed by atoms with Crippen LogP contribution in [0.1, 0.15) is 27.2 Å². The lowest BCUT2D eigenvalue weighted by Crippen LogP contribution is -2.38. The number of nitrogens with one attached hydrogen (secondary N) is 1. The van der Waals surface area contributed by atoms with Gasteiger partial charge in [0.05, 0.1) is 6.54 Å². The molecule has 4 heteroatoms. The van der Waals surface area contributed by atoms with E-state index in [9.17, 15) is 4.79 Å². The van der Waals surface area contributed by atoms with Crippen molar-refractivity contribution < 1.29 is 4.79 Å². The van der Waals surface area contributed by atoms with E-state index in [0.717, 1.165) is 26.1 Å². The van der Waals surface area contributed by atoms with Gasteiger partial charge in [0.1, 0.15) is 0 Å². The first-order valence-electron chi connectivity index (χ1n) is 5.04. The Kier molecular flexibility index (Phi) is 5.45. The second kappa shape index (κ2) is 5.56. The molecule has 1 fully saturated rings. The highest BCUT2D eigenvalue weighted by molar-refractivity contribution is 5.85. The Morgan fingerprint density at radius 3 is 2.71 bits per heavy atom. The van der Waals surface area contributed by atoms with Gasteiger partial charge in [0.2, 0.25) is 5.91 Å². The van der Waals surface area contributed by atoms with Crippen LogP contribution < -0.4 is 5.32 Å². The standard InChI is InChI=1S/C10H20N2O.ClH/c1-4-5-12-8-10(2,3)7-11-6-9(12)13;/h11H,4-8H2,1-3H3;1H. The fourth-order valence-electron chi connectivity index (χ4n) is 1.75. The molecule has 0 radical (unpaired) electrons. The van der Waals surface area contributed by atoms with Crippen LogP contribution in [-0.2, 0) is 4.79 Å². The van der Waals surface area contributed by atoms with Gasteiger partial charge in [-0.15, -0.1) is 12.4 Å². The summed E-state index contributed by atoms with van der Waals surface area (Å²) in [5.74, 6) is 0.243. The predicted molar refractivity (Wildman–Crippen MR) is 60.8 cm³/mol. The molecule has 0 aromatic heterocycles. The lowest BCUT2D eigenvalue weighted by Gasteiger charge is -2.28. The second-order valence-electron chi connectivity index (χ2n) is 4.58. The molecule has 0 aromatic rings. The van der Waals surface area contributed by atoms with Gasteiger partial charge in [-0.2, -0.15) is 0 Å². The number of carbonyl (C=O) groups is 1. The molecule has 1 saturated heterocycles. The van der Waals surface area contributed by atoms with Crippen LogP contribution in [-0.4, -0.2) is 37.0 Å². The summed E-state index contributed by atoms with van der Waals surface area (Å²) in [7, 11) is 0. The SMILES string of the molecule is CCCN1CC(C)(C)CNCC1=O.Cl. The van der Waals surface area contributed by atoms with E-state index in [2.05, 4.69) is 26.1 Å². The third-order valence-corrected chi connectivity index (χ3v) is 2.34. The van der Waals surface area contributed by atoms with Crippen molar-refractivity contribution in [2.24, 2.45) is 5.41 Å². The van der Waals surface area contributed by atoms with Gasteiger partial charge < -0.3 is 10.2 Å². The predicted octanol–water partition coefficient (Wildman–Crippen LogP) is 1.28. The maximum atomic E-state index is 11.6. The summed E-state index contributed by atoms with van der Waals surface area (Å²) < 4.78 is 0. The van der Waals surface area contributed by atoms with E-state index in [1.165, 1.54) is 0 Å². The van der Waals surface area contributed by atoms with E-state index in [-0.39, 0.29) is 23.7 Å². The minimum absolute atomic E-state index is 0. The molecular formula is C10H21ClN2O. The minimum atomic E-state index is 0. The molecule has 0 bridgehead atoms. The van der Waals surface area contributed by atoms with Crippen LogP contribution in [0.25, 0.3) is 0 Å². The van der Waals surface area contributed by atoms with E-state index < -0.39 is 0 Å². The van der Waals surface area contributed by atoms with Crippen molar-refractivity contribution in [3.05, 3.63) is 0 Å². The van der Waals surface area contributed by atoms with Crippen molar-refractivity contribution in [3.8, 4) is 0 Å². The second-order valence-corrected chi connectivity index (χ2v) is 4.58. The summed E-state index contributed by atoms with van der Waals surface area (Å²) in [6, 6.07) is 0. The molecule has 3 nitrogen and oxygen atoms in total. The van der Waals surface area contributed by atoms with Gasteiger partial charge in [-0.05, 0) is 11.8 Å². The van der Waals surface area contributed by atoms with E-state index in [4.69, 9.17) is 0 Å². The van der Waals surface area contributed by atoms with Crippen LogP contribution in [0, 0.1) is 5.41 Å². The van der Waals surface area contributed by atoms with Crippen LogP contribution in [0.15, 0.2) is 0 Å². The van der Waals surface area contributed by atoms with Crippen LogP contribution >= 0.6 is 12.4 Å². The lowest BCUT2D eigenvalue weighted by atomic mass is 9.93. The number of nitrogens with zero attached hydrogens (tertiary/aromatic N) is 1. The topological polar surface area (TPSA) is 32.3 Å². The molecule has 1 rings (SSSR count). The summed E-state index contributed by atoms with van der Waals surface area (Å²) in [5, 5.41) is 3.18. The molecule has 0 atom stereocenters. The van der Waals surface area contributed by atoms with Crippen LogP contribution in [0.2, 0.25) is 0 Å². The Labute approximate surface area is 92.6 Å². The number of hydrogen-bond donors (Lipinski definition) is 1. The van der Waals surface area contributed by atoms with E-state index in [1.807, 2.05) is 4.90 Å². The Hall–Kier alpha value is -0.280. The monoisotopic (exact) mass is 220 g/mol. The smallest absolute Gasteiger partial charge is 0.236 e. The van der Waals surface area contributed by atoms with Crippen LogP contribution in [0.4, 0.5) is 0 Å². The number of amides is 1. The van der Waals surface area contributed by atoms with Crippen molar-refractivity contribution >= 4 is 18.3 Å². The number of halogens is 1. The number of carbonyl (C=O) groups excluding carboxylic acids is 1. The van der Waals surface area contributed by atoms with Crippen molar-refractivity contribution in [3.63, 3.8) is 0 Å². The lowest BCUT2D eigenvalue weighted by molar-refractivity contribution is -0.130. The normalized spacial score (nSPS) is 21.4. The molecule has 0 spiro atoms. The summed E-state index contributed by atoms with van der Waals surface area (Å²) in [4.78, 5) is 13.5. The number of rotatable bonds is 2. The molecule has 1 N–H and O–H groups in total. The largest absolute Gasteiger partial charge is 0.341 e. The zero-order valence-corrected chi connectivity index (χ0v) is 10.1. The molecule has 0 aliphatic carbocycles. The first-order chi connectivity index (χ1) is 6.05. The third-order valence-electron chi connectivity index (χ3n) is 2.34. The van der Waals surface area contributed by atoms with E-state index in [0.29, 0.717) is 6.54 Å². The molecule has 0 saturated carbocycles. The van der Waals surface area contributed by atoms with Gasteiger partial charge >= 0.3 is 0 Å².